The molecule has 0 radical (unpaired) electrons. The second kappa shape index (κ2) is 7.47. The molecule has 4 heteroatoms. The highest BCUT2D eigenvalue weighted by atomic mass is 16.4. The van der Waals surface area contributed by atoms with Crippen molar-refractivity contribution in [1.29, 1.82) is 0 Å². The molecule has 2 saturated carbocycles. The summed E-state index contributed by atoms with van der Waals surface area (Å²) in [5.41, 5.74) is -0.795. The van der Waals surface area contributed by atoms with Gasteiger partial charge in [0.15, 0.2) is 0 Å². The van der Waals surface area contributed by atoms with E-state index < -0.39 is 23.3 Å². The van der Waals surface area contributed by atoms with Gasteiger partial charge in [0.2, 0.25) is 0 Å². The number of carbonyl (C=O) groups is 2. The van der Waals surface area contributed by atoms with Gasteiger partial charge in [-0.3, -0.25) is 9.59 Å². The molecule has 0 bridgehead atoms. The van der Waals surface area contributed by atoms with E-state index >= 15 is 0 Å². The van der Waals surface area contributed by atoms with Crippen LogP contribution in [0.15, 0.2) is 0 Å². The fourth-order valence-corrected chi connectivity index (χ4v) is 5.10. The van der Waals surface area contributed by atoms with E-state index in [1.807, 2.05) is 0 Å². The van der Waals surface area contributed by atoms with Gasteiger partial charge in [0.05, 0.1) is 11.3 Å². The third-order valence-electron chi connectivity index (χ3n) is 6.17. The molecule has 0 aromatic rings. The monoisotopic (exact) mass is 310 g/mol. The maximum absolute atomic E-state index is 12.3. The molecule has 0 spiro atoms. The zero-order valence-corrected chi connectivity index (χ0v) is 13.7. The molecule has 126 valence electrons. The number of unbranched alkanes of at least 4 members (excludes halogenated alkanes) is 1. The van der Waals surface area contributed by atoms with Gasteiger partial charge in [-0.2, -0.15) is 0 Å². The summed E-state index contributed by atoms with van der Waals surface area (Å²) in [7, 11) is 0. The zero-order chi connectivity index (χ0) is 16.2. The first-order valence-corrected chi connectivity index (χ1v) is 9.00. The molecule has 0 saturated heterocycles. The van der Waals surface area contributed by atoms with Crippen molar-refractivity contribution in [2.75, 3.05) is 0 Å². The van der Waals surface area contributed by atoms with Crippen LogP contribution in [0.25, 0.3) is 0 Å². The standard InChI is InChI=1S/C18H30O4/c1-2-3-11-15-14(16(19)20)10-7-12-18(15,17(21)22)13-8-5-4-6-9-13/h13-15H,2-12H2,1H3,(H,19,20)(H,21,22). The summed E-state index contributed by atoms with van der Waals surface area (Å²) in [5.74, 6) is -2.02. The molecule has 2 aliphatic rings. The summed E-state index contributed by atoms with van der Waals surface area (Å²) >= 11 is 0. The number of carboxylic acids is 2. The third kappa shape index (κ3) is 3.16. The Morgan fingerprint density at radius 2 is 1.73 bits per heavy atom. The molecule has 0 aliphatic heterocycles. The lowest BCUT2D eigenvalue weighted by Crippen LogP contribution is -2.52. The highest BCUT2D eigenvalue weighted by Crippen LogP contribution is 2.55. The van der Waals surface area contributed by atoms with Crippen LogP contribution in [0.2, 0.25) is 0 Å². The minimum absolute atomic E-state index is 0.169. The molecule has 2 aliphatic carbocycles. The smallest absolute Gasteiger partial charge is 0.310 e. The van der Waals surface area contributed by atoms with Gasteiger partial charge >= 0.3 is 11.9 Å². The van der Waals surface area contributed by atoms with E-state index in [2.05, 4.69) is 6.92 Å². The number of hydrogen-bond donors (Lipinski definition) is 2. The van der Waals surface area contributed by atoms with Gasteiger partial charge in [0.1, 0.15) is 0 Å². The maximum Gasteiger partial charge on any atom is 0.310 e. The number of hydrogen-bond acceptors (Lipinski definition) is 2. The molecule has 22 heavy (non-hydrogen) atoms. The molecule has 3 unspecified atom stereocenters. The van der Waals surface area contributed by atoms with Gasteiger partial charge in [-0.1, -0.05) is 45.4 Å². The summed E-state index contributed by atoms with van der Waals surface area (Å²) in [5, 5.41) is 19.7. The fraction of sp³-hybridized carbons (Fsp3) is 0.889. The number of rotatable bonds is 6. The highest BCUT2D eigenvalue weighted by Gasteiger charge is 2.56. The van der Waals surface area contributed by atoms with E-state index in [-0.39, 0.29) is 11.8 Å². The maximum atomic E-state index is 12.3. The molecule has 0 aromatic heterocycles. The molecule has 4 nitrogen and oxygen atoms in total. The van der Waals surface area contributed by atoms with Crippen LogP contribution in [0.4, 0.5) is 0 Å². The summed E-state index contributed by atoms with van der Waals surface area (Å²) in [6.07, 6.45) is 10.0. The van der Waals surface area contributed by atoms with E-state index in [0.29, 0.717) is 12.8 Å². The zero-order valence-electron chi connectivity index (χ0n) is 13.7. The topological polar surface area (TPSA) is 74.6 Å². The molecule has 0 amide bonds. The second-order valence-corrected chi connectivity index (χ2v) is 7.27. The lowest BCUT2D eigenvalue weighted by Gasteiger charge is -2.49. The van der Waals surface area contributed by atoms with Crippen LogP contribution >= 0.6 is 0 Å². The number of aliphatic carboxylic acids is 2. The van der Waals surface area contributed by atoms with E-state index in [9.17, 15) is 19.8 Å². The summed E-state index contributed by atoms with van der Waals surface area (Å²) in [4.78, 5) is 24.1. The van der Waals surface area contributed by atoms with Crippen LogP contribution < -0.4 is 0 Å². The lowest BCUT2D eigenvalue weighted by molar-refractivity contribution is -0.171. The van der Waals surface area contributed by atoms with Crippen LogP contribution in [0.5, 0.6) is 0 Å². The van der Waals surface area contributed by atoms with Gasteiger partial charge in [-0.25, -0.2) is 0 Å². The molecular formula is C18H30O4. The largest absolute Gasteiger partial charge is 0.481 e. The minimum atomic E-state index is -0.795. The van der Waals surface area contributed by atoms with Gasteiger partial charge < -0.3 is 10.2 Å². The van der Waals surface area contributed by atoms with Gasteiger partial charge in [-0.15, -0.1) is 0 Å². The predicted octanol–water partition coefficient (Wildman–Crippen LogP) is 4.33. The van der Waals surface area contributed by atoms with E-state index in [0.717, 1.165) is 51.4 Å². The molecule has 2 N–H and O–H groups in total. The average molecular weight is 310 g/mol. The van der Waals surface area contributed by atoms with Crippen LogP contribution in [0, 0.1) is 23.2 Å². The first-order valence-electron chi connectivity index (χ1n) is 9.00. The Morgan fingerprint density at radius 3 is 2.27 bits per heavy atom. The van der Waals surface area contributed by atoms with Crippen molar-refractivity contribution in [3.8, 4) is 0 Å². The van der Waals surface area contributed by atoms with Gasteiger partial charge in [0.25, 0.3) is 0 Å². The van der Waals surface area contributed by atoms with Gasteiger partial charge in [-0.05, 0) is 43.9 Å². The van der Waals surface area contributed by atoms with Crippen LogP contribution in [0.1, 0.15) is 77.6 Å². The molecule has 0 aromatic carbocycles. The van der Waals surface area contributed by atoms with E-state index in [4.69, 9.17) is 0 Å². The van der Waals surface area contributed by atoms with Crippen molar-refractivity contribution in [1.82, 2.24) is 0 Å². The molecule has 2 rings (SSSR count). The van der Waals surface area contributed by atoms with Crippen molar-refractivity contribution in [2.24, 2.45) is 23.2 Å². The number of carboxylic acid groups (broad SMARTS) is 2. The van der Waals surface area contributed by atoms with Crippen molar-refractivity contribution in [3.63, 3.8) is 0 Å². The van der Waals surface area contributed by atoms with E-state index in [1.165, 1.54) is 6.42 Å². The Kier molecular flexibility index (Phi) is 5.87. The Labute approximate surface area is 133 Å². The van der Waals surface area contributed by atoms with Crippen LogP contribution in [-0.4, -0.2) is 22.2 Å². The van der Waals surface area contributed by atoms with Crippen molar-refractivity contribution < 1.29 is 19.8 Å². The minimum Gasteiger partial charge on any atom is -0.481 e. The molecule has 2 fully saturated rings. The summed E-state index contributed by atoms with van der Waals surface area (Å²) in [6.45, 7) is 2.08. The van der Waals surface area contributed by atoms with Gasteiger partial charge in [0, 0.05) is 0 Å². The first kappa shape index (κ1) is 17.3. The molecule has 0 heterocycles. The van der Waals surface area contributed by atoms with Crippen molar-refractivity contribution >= 4 is 11.9 Å². The summed E-state index contributed by atoms with van der Waals surface area (Å²) in [6, 6.07) is 0. The quantitative estimate of drug-likeness (QED) is 0.765. The Balaban J connectivity index is 2.36. The van der Waals surface area contributed by atoms with E-state index in [1.54, 1.807) is 0 Å². The van der Waals surface area contributed by atoms with Crippen molar-refractivity contribution in [3.05, 3.63) is 0 Å². The van der Waals surface area contributed by atoms with Crippen LogP contribution in [-0.2, 0) is 9.59 Å². The SMILES string of the molecule is CCCCC1C(C(=O)O)CCCC1(C(=O)O)C1CCCCC1. The second-order valence-electron chi connectivity index (χ2n) is 7.27. The normalized spacial score (nSPS) is 33.5. The Bertz CT molecular complexity index is 400. The first-order chi connectivity index (χ1) is 10.5. The summed E-state index contributed by atoms with van der Waals surface area (Å²) < 4.78 is 0. The Morgan fingerprint density at radius 1 is 1.05 bits per heavy atom. The third-order valence-corrected chi connectivity index (χ3v) is 6.17. The Hall–Kier alpha value is -1.06. The van der Waals surface area contributed by atoms with Crippen molar-refractivity contribution in [2.45, 2.75) is 77.6 Å². The predicted molar refractivity (Wildman–Crippen MR) is 84.6 cm³/mol. The lowest BCUT2D eigenvalue weighted by atomic mass is 9.52. The fourth-order valence-electron chi connectivity index (χ4n) is 5.10. The highest BCUT2D eigenvalue weighted by molar-refractivity contribution is 5.78. The molecular weight excluding hydrogens is 280 g/mol. The molecule has 3 atom stereocenters. The average Bonchev–Trinajstić information content (AvgIpc) is 2.52. The van der Waals surface area contributed by atoms with Crippen LogP contribution in [0.3, 0.4) is 0 Å².